The number of carbonyl (C=O) groups excluding carboxylic acids is 2. The van der Waals surface area contributed by atoms with Crippen molar-refractivity contribution in [3.8, 4) is 0 Å². The zero-order valence-electron chi connectivity index (χ0n) is 15.4. The number of benzene rings is 1. The summed E-state index contributed by atoms with van der Waals surface area (Å²) in [7, 11) is 0. The fourth-order valence-electron chi connectivity index (χ4n) is 2.67. The predicted molar refractivity (Wildman–Crippen MR) is 90.9 cm³/mol. The number of amides is 2. The zero-order valence-corrected chi connectivity index (χ0v) is 15.4. The van der Waals surface area contributed by atoms with Crippen molar-refractivity contribution in [2.24, 2.45) is 5.92 Å². The van der Waals surface area contributed by atoms with Crippen LogP contribution in [0.4, 0.5) is 22.8 Å². The fourth-order valence-corrected chi connectivity index (χ4v) is 2.67. The molecule has 27 heavy (non-hydrogen) atoms. The van der Waals surface area contributed by atoms with Gasteiger partial charge in [0.25, 0.3) is 0 Å². The smallest absolute Gasteiger partial charge is 0.410 e. The quantitative estimate of drug-likeness (QED) is 0.857. The van der Waals surface area contributed by atoms with Crippen LogP contribution in [0.2, 0.25) is 0 Å². The molecule has 1 aromatic rings. The van der Waals surface area contributed by atoms with Gasteiger partial charge in [0, 0.05) is 13.1 Å². The van der Waals surface area contributed by atoms with E-state index in [-0.39, 0.29) is 13.2 Å². The van der Waals surface area contributed by atoms with E-state index in [2.05, 4.69) is 5.32 Å². The van der Waals surface area contributed by atoms with Gasteiger partial charge in [-0.1, -0.05) is 30.3 Å². The molecule has 2 rings (SSSR count). The Labute approximate surface area is 155 Å². The third-order valence-electron chi connectivity index (χ3n) is 3.91. The highest BCUT2D eigenvalue weighted by atomic mass is 19.4. The molecule has 9 heteroatoms. The van der Waals surface area contributed by atoms with Crippen LogP contribution in [0.1, 0.15) is 26.3 Å². The minimum atomic E-state index is -4.58. The van der Waals surface area contributed by atoms with Crippen LogP contribution in [0, 0.1) is 5.92 Å². The van der Waals surface area contributed by atoms with E-state index in [9.17, 15) is 22.8 Å². The van der Waals surface area contributed by atoms with E-state index in [0.29, 0.717) is 5.56 Å². The van der Waals surface area contributed by atoms with Gasteiger partial charge in [-0.3, -0.25) is 0 Å². The van der Waals surface area contributed by atoms with Crippen LogP contribution >= 0.6 is 0 Å². The first-order valence-electron chi connectivity index (χ1n) is 8.47. The maximum atomic E-state index is 13.3. The lowest BCUT2D eigenvalue weighted by Gasteiger charge is -2.24. The van der Waals surface area contributed by atoms with E-state index in [1.54, 1.807) is 51.1 Å². The third kappa shape index (κ3) is 6.33. The molecule has 0 aromatic heterocycles. The first-order valence-corrected chi connectivity index (χ1v) is 8.47. The van der Waals surface area contributed by atoms with Crippen molar-refractivity contribution in [2.45, 2.75) is 45.2 Å². The van der Waals surface area contributed by atoms with Crippen molar-refractivity contribution in [1.29, 1.82) is 0 Å². The first-order chi connectivity index (χ1) is 12.5. The molecule has 1 N–H and O–H groups in total. The Hall–Kier alpha value is -2.45. The number of likely N-dealkylation sites (tertiary alicyclic amines) is 1. The van der Waals surface area contributed by atoms with E-state index in [1.165, 1.54) is 0 Å². The van der Waals surface area contributed by atoms with Crippen molar-refractivity contribution in [3.05, 3.63) is 35.9 Å². The van der Waals surface area contributed by atoms with E-state index in [4.69, 9.17) is 9.47 Å². The van der Waals surface area contributed by atoms with Gasteiger partial charge >= 0.3 is 18.4 Å². The van der Waals surface area contributed by atoms with Crippen molar-refractivity contribution < 1.29 is 32.2 Å². The van der Waals surface area contributed by atoms with Crippen LogP contribution in [-0.4, -0.2) is 48.0 Å². The standard InChI is InChI=1S/C18H23F3N2O4/c1-17(2,3)27-16(25)23-9-13(18(19,20)21)14(10-23)22-15(24)26-11-12-7-5-4-6-8-12/h4-8,13-14H,9-11H2,1-3H3,(H,22,24). The number of alkyl carbamates (subject to hydrolysis) is 1. The SMILES string of the molecule is CC(C)(C)OC(=O)N1CC(NC(=O)OCc2ccccc2)C(C(F)(F)F)C1. The summed E-state index contributed by atoms with van der Waals surface area (Å²) >= 11 is 0. The highest BCUT2D eigenvalue weighted by Gasteiger charge is 2.52. The molecule has 2 atom stereocenters. The van der Waals surface area contributed by atoms with Gasteiger partial charge in [-0.15, -0.1) is 0 Å². The molecule has 0 spiro atoms. The van der Waals surface area contributed by atoms with Crippen LogP contribution in [0.3, 0.4) is 0 Å². The summed E-state index contributed by atoms with van der Waals surface area (Å²) in [5.74, 6) is -1.89. The molecule has 0 saturated carbocycles. The number of halogens is 3. The molecular formula is C18H23F3N2O4. The number of nitrogens with one attached hydrogen (secondary N) is 1. The molecule has 6 nitrogen and oxygen atoms in total. The Morgan fingerprint density at radius 3 is 2.33 bits per heavy atom. The molecule has 1 aliphatic heterocycles. The van der Waals surface area contributed by atoms with Crippen LogP contribution in [0.25, 0.3) is 0 Å². The number of nitrogens with zero attached hydrogens (tertiary/aromatic N) is 1. The summed E-state index contributed by atoms with van der Waals surface area (Å²) in [6, 6.07) is 7.46. The molecule has 1 heterocycles. The second-order valence-corrected chi connectivity index (χ2v) is 7.35. The molecule has 2 amide bonds. The molecular weight excluding hydrogens is 365 g/mol. The highest BCUT2D eigenvalue weighted by Crippen LogP contribution is 2.34. The van der Waals surface area contributed by atoms with Gasteiger partial charge in [0.2, 0.25) is 0 Å². The molecule has 1 aromatic carbocycles. The number of ether oxygens (including phenoxy) is 2. The van der Waals surface area contributed by atoms with Gasteiger partial charge in [0.15, 0.2) is 0 Å². The molecule has 2 unspecified atom stereocenters. The third-order valence-corrected chi connectivity index (χ3v) is 3.91. The summed E-state index contributed by atoms with van der Waals surface area (Å²) < 4.78 is 50.0. The minimum absolute atomic E-state index is 0.0636. The van der Waals surface area contributed by atoms with E-state index in [1.807, 2.05) is 0 Å². The average Bonchev–Trinajstić information content (AvgIpc) is 2.96. The lowest BCUT2D eigenvalue weighted by atomic mass is 10.0. The normalized spacial score (nSPS) is 20.3. The van der Waals surface area contributed by atoms with Gasteiger partial charge < -0.3 is 19.7 Å². The zero-order chi connectivity index (χ0) is 20.2. The monoisotopic (exact) mass is 388 g/mol. The summed E-state index contributed by atoms with van der Waals surface area (Å²) in [5.41, 5.74) is -0.118. The van der Waals surface area contributed by atoms with Gasteiger partial charge in [0.05, 0.1) is 12.0 Å². The Kier molecular flexibility index (Phi) is 6.22. The molecule has 1 saturated heterocycles. The summed E-state index contributed by atoms with van der Waals surface area (Å²) in [5, 5.41) is 2.22. The molecule has 0 aliphatic carbocycles. The van der Waals surface area contributed by atoms with Gasteiger partial charge in [-0.05, 0) is 26.3 Å². The molecule has 150 valence electrons. The minimum Gasteiger partial charge on any atom is -0.445 e. The van der Waals surface area contributed by atoms with Crippen LogP contribution in [-0.2, 0) is 16.1 Å². The Morgan fingerprint density at radius 1 is 1.15 bits per heavy atom. The summed E-state index contributed by atoms with van der Waals surface area (Å²) in [4.78, 5) is 24.9. The number of rotatable bonds is 3. The second-order valence-electron chi connectivity index (χ2n) is 7.35. The fraction of sp³-hybridized carbons (Fsp3) is 0.556. The van der Waals surface area contributed by atoms with Crippen LogP contribution < -0.4 is 5.32 Å². The molecule has 1 fully saturated rings. The first kappa shape index (κ1) is 20.9. The van der Waals surface area contributed by atoms with Crippen molar-refractivity contribution in [3.63, 3.8) is 0 Å². The number of carbonyl (C=O) groups is 2. The van der Waals surface area contributed by atoms with Gasteiger partial charge in [-0.2, -0.15) is 13.2 Å². The largest absolute Gasteiger partial charge is 0.445 e. The predicted octanol–water partition coefficient (Wildman–Crippen LogP) is 3.71. The van der Waals surface area contributed by atoms with Crippen LogP contribution in [0.5, 0.6) is 0 Å². The highest BCUT2D eigenvalue weighted by molar-refractivity contribution is 5.70. The van der Waals surface area contributed by atoms with E-state index in [0.717, 1.165) is 4.90 Å². The van der Waals surface area contributed by atoms with Crippen molar-refractivity contribution in [1.82, 2.24) is 10.2 Å². The summed E-state index contributed by atoms with van der Waals surface area (Å²) in [6.07, 6.45) is -6.39. The van der Waals surface area contributed by atoms with E-state index >= 15 is 0 Å². The number of alkyl halides is 3. The van der Waals surface area contributed by atoms with Crippen molar-refractivity contribution >= 4 is 12.2 Å². The van der Waals surface area contributed by atoms with Gasteiger partial charge in [0.1, 0.15) is 12.2 Å². The molecule has 0 radical (unpaired) electrons. The Balaban J connectivity index is 1.97. The van der Waals surface area contributed by atoms with E-state index < -0.39 is 42.5 Å². The number of hydrogen-bond donors (Lipinski definition) is 1. The molecule has 1 aliphatic rings. The second kappa shape index (κ2) is 8.06. The maximum Gasteiger partial charge on any atom is 0.410 e. The summed E-state index contributed by atoms with van der Waals surface area (Å²) in [6.45, 7) is 3.92. The average molecular weight is 388 g/mol. The lowest BCUT2D eigenvalue weighted by Crippen LogP contribution is -2.45. The molecule has 0 bridgehead atoms. The van der Waals surface area contributed by atoms with Gasteiger partial charge in [-0.25, -0.2) is 9.59 Å². The lowest BCUT2D eigenvalue weighted by molar-refractivity contribution is -0.174. The number of hydrogen-bond acceptors (Lipinski definition) is 4. The van der Waals surface area contributed by atoms with Crippen LogP contribution in [0.15, 0.2) is 30.3 Å². The maximum absolute atomic E-state index is 13.3. The topological polar surface area (TPSA) is 67.9 Å². The van der Waals surface area contributed by atoms with Crippen molar-refractivity contribution in [2.75, 3.05) is 13.1 Å². The Morgan fingerprint density at radius 2 is 1.78 bits per heavy atom. The Bertz CT molecular complexity index is 659.